The summed E-state index contributed by atoms with van der Waals surface area (Å²) in [5, 5.41) is 0. The third-order valence-electron chi connectivity index (χ3n) is 2.62. The van der Waals surface area contributed by atoms with E-state index in [1.165, 1.54) is 0 Å². The van der Waals surface area contributed by atoms with E-state index in [-0.39, 0.29) is 18.6 Å². The summed E-state index contributed by atoms with van der Waals surface area (Å²) in [7, 11) is 1.79. The van der Waals surface area contributed by atoms with Crippen molar-refractivity contribution < 1.29 is 14.3 Å². The number of para-hydroxylation sites is 1. The van der Waals surface area contributed by atoms with Gasteiger partial charge in [0.1, 0.15) is 12.4 Å². The first-order valence-electron chi connectivity index (χ1n) is 6.63. The van der Waals surface area contributed by atoms with Crippen molar-refractivity contribution in [3.63, 3.8) is 0 Å². The molecule has 0 bridgehead atoms. The van der Waals surface area contributed by atoms with Crippen molar-refractivity contribution in [3.05, 3.63) is 30.3 Å². The van der Waals surface area contributed by atoms with Crippen LogP contribution in [0.4, 0.5) is 0 Å². The Morgan fingerprint density at radius 3 is 2.58 bits per heavy atom. The molecule has 0 unspecified atom stereocenters. The lowest BCUT2D eigenvalue weighted by Gasteiger charge is -2.18. The molecule has 0 heterocycles. The molecule has 1 aromatic rings. The molecular weight excluding hydrogens is 242 g/mol. The van der Waals surface area contributed by atoms with Gasteiger partial charge in [-0.1, -0.05) is 18.2 Å². The van der Waals surface area contributed by atoms with Crippen LogP contribution in [-0.4, -0.2) is 43.7 Å². The van der Waals surface area contributed by atoms with E-state index in [1.807, 2.05) is 44.2 Å². The molecule has 0 aliphatic heterocycles. The maximum absolute atomic E-state index is 11.7. The highest BCUT2D eigenvalue weighted by atomic mass is 16.5. The summed E-state index contributed by atoms with van der Waals surface area (Å²) >= 11 is 0. The Kier molecular flexibility index (Phi) is 6.97. The molecule has 0 aliphatic carbocycles. The Hall–Kier alpha value is -1.55. The minimum atomic E-state index is 0.00779. The summed E-state index contributed by atoms with van der Waals surface area (Å²) < 4.78 is 10.8. The molecule has 0 atom stereocenters. The number of carbonyl (C=O) groups is 1. The molecule has 4 nitrogen and oxygen atoms in total. The number of amides is 1. The van der Waals surface area contributed by atoms with Gasteiger partial charge in [0.25, 0.3) is 0 Å². The Morgan fingerprint density at radius 1 is 1.26 bits per heavy atom. The molecular formula is C15H23NO3. The summed E-state index contributed by atoms with van der Waals surface area (Å²) in [6.45, 7) is 5.26. The number of rotatable bonds is 8. The first kappa shape index (κ1) is 15.5. The van der Waals surface area contributed by atoms with Gasteiger partial charge in [0, 0.05) is 13.6 Å². The van der Waals surface area contributed by atoms with Gasteiger partial charge >= 0.3 is 0 Å². The van der Waals surface area contributed by atoms with E-state index in [1.54, 1.807) is 11.9 Å². The van der Waals surface area contributed by atoms with E-state index in [2.05, 4.69) is 0 Å². The first-order valence-corrected chi connectivity index (χ1v) is 6.63. The topological polar surface area (TPSA) is 38.8 Å². The molecule has 1 rings (SSSR count). The second kappa shape index (κ2) is 8.53. The van der Waals surface area contributed by atoms with Crippen LogP contribution in [0.25, 0.3) is 0 Å². The normalized spacial score (nSPS) is 10.5. The van der Waals surface area contributed by atoms with Gasteiger partial charge in [-0.2, -0.15) is 0 Å². The maximum atomic E-state index is 11.7. The van der Waals surface area contributed by atoms with Gasteiger partial charge in [-0.3, -0.25) is 4.79 Å². The van der Waals surface area contributed by atoms with E-state index < -0.39 is 0 Å². The van der Waals surface area contributed by atoms with Crippen LogP contribution < -0.4 is 4.74 Å². The molecule has 1 amide bonds. The van der Waals surface area contributed by atoms with Gasteiger partial charge < -0.3 is 14.4 Å². The number of likely N-dealkylation sites (N-methyl/N-ethyl adjacent to an activating group) is 1. The fourth-order valence-corrected chi connectivity index (χ4v) is 1.48. The summed E-state index contributed by atoms with van der Waals surface area (Å²) in [6.07, 6.45) is 0.887. The van der Waals surface area contributed by atoms with Crippen LogP contribution in [0.1, 0.15) is 20.3 Å². The maximum Gasteiger partial charge on any atom is 0.248 e. The van der Waals surface area contributed by atoms with E-state index in [0.29, 0.717) is 13.2 Å². The van der Waals surface area contributed by atoms with Crippen molar-refractivity contribution in [3.8, 4) is 5.75 Å². The molecule has 4 heteroatoms. The monoisotopic (exact) mass is 265 g/mol. The lowest BCUT2D eigenvalue weighted by atomic mass is 10.3. The van der Waals surface area contributed by atoms with E-state index in [9.17, 15) is 4.79 Å². The van der Waals surface area contributed by atoms with Gasteiger partial charge in [-0.25, -0.2) is 0 Å². The SMILES string of the molecule is CC(C)OCC(=O)N(C)CCCOc1ccccc1. The fraction of sp³-hybridized carbons (Fsp3) is 0.533. The highest BCUT2D eigenvalue weighted by Gasteiger charge is 2.09. The molecule has 0 spiro atoms. The largest absolute Gasteiger partial charge is 0.494 e. The Labute approximate surface area is 115 Å². The zero-order chi connectivity index (χ0) is 14.1. The van der Waals surface area contributed by atoms with Crippen LogP contribution in [0.2, 0.25) is 0 Å². The van der Waals surface area contributed by atoms with Gasteiger partial charge in [-0.05, 0) is 32.4 Å². The van der Waals surface area contributed by atoms with Gasteiger partial charge in [0.2, 0.25) is 5.91 Å². The Bertz CT molecular complexity index is 365. The summed E-state index contributed by atoms with van der Waals surface area (Å²) in [6, 6.07) is 9.67. The van der Waals surface area contributed by atoms with Crippen LogP contribution in [-0.2, 0) is 9.53 Å². The van der Waals surface area contributed by atoms with Crippen LogP contribution >= 0.6 is 0 Å². The lowest BCUT2D eigenvalue weighted by Crippen LogP contribution is -2.32. The zero-order valence-electron chi connectivity index (χ0n) is 12.0. The van der Waals surface area contributed by atoms with E-state index >= 15 is 0 Å². The molecule has 0 radical (unpaired) electrons. The number of benzene rings is 1. The number of ether oxygens (including phenoxy) is 2. The van der Waals surface area contributed by atoms with Crippen molar-refractivity contribution in [1.82, 2.24) is 4.90 Å². The van der Waals surface area contributed by atoms with Crippen molar-refractivity contribution in [2.75, 3.05) is 26.8 Å². The molecule has 19 heavy (non-hydrogen) atoms. The molecule has 0 saturated carbocycles. The zero-order valence-corrected chi connectivity index (χ0v) is 12.0. The summed E-state index contributed by atoms with van der Waals surface area (Å²) in [5.41, 5.74) is 0. The molecule has 0 saturated heterocycles. The third kappa shape index (κ3) is 6.82. The van der Waals surface area contributed by atoms with Gasteiger partial charge in [0.15, 0.2) is 0 Å². The summed E-state index contributed by atoms with van der Waals surface area (Å²) in [4.78, 5) is 13.3. The van der Waals surface area contributed by atoms with Crippen molar-refractivity contribution >= 4 is 5.91 Å². The smallest absolute Gasteiger partial charge is 0.248 e. The van der Waals surface area contributed by atoms with Crippen molar-refractivity contribution in [2.45, 2.75) is 26.4 Å². The van der Waals surface area contributed by atoms with E-state index in [0.717, 1.165) is 12.2 Å². The average molecular weight is 265 g/mol. The quantitative estimate of drug-likeness (QED) is 0.677. The number of hydrogen-bond donors (Lipinski definition) is 0. The Morgan fingerprint density at radius 2 is 1.95 bits per heavy atom. The second-order valence-electron chi connectivity index (χ2n) is 4.69. The summed E-state index contributed by atoms with van der Waals surface area (Å²) in [5.74, 6) is 0.869. The predicted molar refractivity (Wildman–Crippen MR) is 75.3 cm³/mol. The minimum absolute atomic E-state index is 0.00779. The van der Waals surface area contributed by atoms with Crippen LogP contribution in [0.15, 0.2) is 30.3 Å². The lowest BCUT2D eigenvalue weighted by molar-refractivity contribution is -0.136. The predicted octanol–water partition coefficient (Wildman–Crippen LogP) is 2.34. The number of nitrogens with zero attached hydrogens (tertiary/aromatic N) is 1. The molecule has 106 valence electrons. The van der Waals surface area contributed by atoms with Crippen LogP contribution in [0.5, 0.6) is 5.75 Å². The highest BCUT2D eigenvalue weighted by Crippen LogP contribution is 2.08. The molecule has 0 aliphatic rings. The second-order valence-corrected chi connectivity index (χ2v) is 4.69. The molecule has 0 aromatic heterocycles. The Balaban J connectivity index is 2.13. The standard InChI is InChI=1S/C15H23NO3/c1-13(2)19-12-15(17)16(3)10-7-11-18-14-8-5-4-6-9-14/h4-6,8-9,13H,7,10-12H2,1-3H3. The van der Waals surface area contributed by atoms with E-state index in [4.69, 9.17) is 9.47 Å². The van der Waals surface area contributed by atoms with Crippen molar-refractivity contribution in [2.24, 2.45) is 0 Å². The number of hydrogen-bond acceptors (Lipinski definition) is 3. The fourth-order valence-electron chi connectivity index (χ4n) is 1.48. The van der Waals surface area contributed by atoms with Gasteiger partial charge in [-0.15, -0.1) is 0 Å². The molecule has 0 N–H and O–H groups in total. The average Bonchev–Trinajstić information content (AvgIpc) is 2.41. The van der Waals surface area contributed by atoms with Gasteiger partial charge in [0.05, 0.1) is 12.7 Å². The van der Waals surface area contributed by atoms with Crippen LogP contribution in [0, 0.1) is 0 Å². The molecule has 1 aromatic carbocycles. The highest BCUT2D eigenvalue weighted by molar-refractivity contribution is 5.77. The van der Waals surface area contributed by atoms with Crippen LogP contribution in [0.3, 0.4) is 0 Å². The minimum Gasteiger partial charge on any atom is -0.494 e. The first-order chi connectivity index (χ1) is 9.09. The third-order valence-corrected chi connectivity index (χ3v) is 2.62. The number of carbonyl (C=O) groups excluding carboxylic acids is 1. The molecule has 0 fully saturated rings. The van der Waals surface area contributed by atoms with Crippen molar-refractivity contribution in [1.29, 1.82) is 0 Å².